The Hall–Kier alpha value is -2.57. The molecule has 0 aliphatic carbocycles. The van der Waals surface area contributed by atoms with E-state index in [2.05, 4.69) is 41.8 Å². The number of carbonyl (C=O) groups is 3. The van der Waals surface area contributed by atoms with E-state index in [-0.39, 0.29) is 12.4 Å². The second-order valence-corrected chi connectivity index (χ2v) is 8.72. The number of nitrogens with zero attached hydrogens (tertiary/aromatic N) is 2. The lowest BCUT2D eigenvalue weighted by molar-refractivity contribution is -0.148. The molecule has 1 aromatic carbocycles. The summed E-state index contributed by atoms with van der Waals surface area (Å²) in [6, 6.07) is 8.30. The fourth-order valence-electron chi connectivity index (χ4n) is 3.15. The highest BCUT2D eigenvalue weighted by Crippen LogP contribution is 2.36. The highest BCUT2D eigenvalue weighted by Gasteiger charge is 2.51. The molecule has 32 heavy (non-hydrogen) atoms. The number of halogens is 2. The van der Waals surface area contributed by atoms with Crippen molar-refractivity contribution >= 4 is 55.5 Å². The first-order valence-electron chi connectivity index (χ1n) is 9.43. The molecule has 170 valence electrons. The van der Waals surface area contributed by atoms with Gasteiger partial charge in [-0.3, -0.25) is 19.3 Å². The molecular formula is C20H19Br2N3O7. The zero-order valence-corrected chi connectivity index (χ0v) is 20.2. The van der Waals surface area contributed by atoms with Gasteiger partial charge in [-0.25, -0.2) is 4.79 Å². The Morgan fingerprint density at radius 3 is 2.50 bits per heavy atom. The first kappa shape index (κ1) is 24.1. The van der Waals surface area contributed by atoms with E-state index in [0.717, 1.165) is 4.90 Å². The van der Waals surface area contributed by atoms with Gasteiger partial charge >= 0.3 is 17.6 Å². The van der Waals surface area contributed by atoms with Crippen molar-refractivity contribution in [3.05, 3.63) is 57.0 Å². The van der Waals surface area contributed by atoms with Gasteiger partial charge in [-0.2, -0.15) is 4.98 Å². The minimum atomic E-state index is -1.18. The topological polar surface area (TPSA) is 128 Å². The van der Waals surface area contributed by atoms with Crippen LogP contribution >= 0.6 is 31.9 Å². The summed E-state index contributed by atoms with van der Waals surface area (Å²) >= 11 is 6.74. The molecule has 1 amide bonds. The number of ether oxygens (including phenoxy) is 3. The normalized spacial score (nSPS) is 22.2. The minimum absolute atomic E-state index is 0.0300. The van der Waals surface area contributed by atoms with Crippen LogP contribution in [0.3, 0.4) is 0 Å². The third-order valence-corrected chi connectivity index (χ3v) is 6.18. The number of hydrogen-bond donors (Lipinski definition) is 1. The second-order valence-electron chi connectivity index (χ2n) is 6.80. The number of aromatic amines is 1. The quantitative estimate of drug-likeness (QED) is 0.412. The number of alkyl halides is 1. The van der Waals surface area contributed by atoms with Crippen LogP contribution in [0.4, 0.5) is 5.82 Å². The molecule has 1 aromatic heterocycles. The lowest BCUT2D eigenvalue weighted by atomic mass is 10.1. The number of amides is 1. The van der Waals surface area contributed by atoms with Crippen LogP contribution in [0.25, 0.3) is 0 Å². The average molecular weight is 573 g/mol. The van der Waals surface area contributed by atoms with Gasteiger partial charge in [0.05, 0.1) is 9.30 Å². The summed E-state index contributed by atoms with van der Waals surface area (Å²) in [6.45, 7) is 2.33. The standard InChI is InChI=1S/C20H19Br2N3O7/c1-10(26)30-9-14-15(22)16(31-11(2)27)19(32-14)25(17-13(21)8-23-20(29)24-17)18(28)12-6-4-3-5-7-12/h3-8,14-16,19H,9H2,1-2H3,(H,23,24,29)/t14-,15+,16-,19-/m1/s1. The van der Waals surface area contributed by atoms with Crippen LogP contribution in [0.5, 0.6) is 0 Å². The molecule has 1 fully saturated rings. The van der Waals surface area contributed by atoms with E-state index < -0.39 is 46.8 Å². The Kier molecular flexibility index (Phi) is 7.80. The summed E-state index contributed by atoms with van der Waals surface area (Å²) in [5, 5.41) is 0. The molecule has 0 radical (unpaired) electrons. The van der Waals surface area contributed by atoms with Crippen molar-refractivity contribution in [1.82, 2.24) is 9.97 Å². The van der Waals surface area contributed by atoms with Crippen LogP contribution in [0.15, 0.2) is 45.8 Å². The van der Waals surface area contributed by atoms with Gasteiger partial charge in [-0.05, 0) is 28.1 Å². The largest absolute Gasteiger partial charge is 0.463 e. The first-order chi connectivity index (χ1) is 15.2. The fourth-order valence-corrected chi connectivity index (χ4v) is 4.19. The fraction of sp³-hybridized carbons (Fsp3) is 0.350. The van der Waals surface area contributed by atoms with Gasteiger partial charge in [0.25, 0.3) is 5.91 Å². The number of rotatable bonds is 6. The van der Waals surface area contributed by atoms with Crippen LogP contribution in [0.2, 0.25) is 0 Å². The number of nitrogens with one attached hydrogen (secondary N) is 1. The van der Waals surface area contributed by atoms with Crippen LogP contribution < -0.4 is 10.6 Å². The minimum Gasteiger partial charge on any atom is -0.463 e. The van der Waals surface area contributed by atoms with Crippen molar-refractivity contribution in [3.8, 4) is 0 Å². The zero-order valence-electron chi connectivity index (χ0n) is 17.0. The molecular weight excluding hydrogens is 554 g/mol. The van der Waals surface area contributed by atoms with Crippen molar-refractivity contribution < 1.29 is 28.6 Å². The summed E-state index contributed by atoms with van der Waals surface area (Å²) in [6.07, 6.45) is -1.58. The Morgan fingerprint density at radius 2 is 1.88 bits per heavy atom. The van der Waals surface area contributed by atoms with E-state index in [1.54, 1.807) is 30.3 Å². The van der Waals surface area contributed by atoms with Crippen LogP contribution in [0, 0.1) is 0 Å². The molecule has 1 saturated heterocycles. The lowest BCUT2D eigenvalue weighted by Crippen LogP contribution is -2.49. The lowest BCUT2D eigenvalue weighted by Gasteiger charge is -2.31. The van der Waals surface area contributed by atoms with Gasteiger partial charge < -0.3 is 19.2 Å². The highest BCUT2D eigenvalue weighted by atomic mass is 79.9. The molecule has 3 rings (SSSR count). The Balaban J connectivity index is 2.09. The SMILES string of the molecule is CC(=O)OC[C@H]1O[C@@H](N(C(=O)c2ccccc2)c2nc(=O)[nH]cc2Br)[C@H](OC(C)=O)[C@H]1Br. The third-order valence-electron chi connectivity index (χ3n) is 4.48. The molecule has 0 spiro atoms. The predicted molar refractivity (Wildman–Crippen MR) is 119 cm³/mol. The molecule has 10 nitrogen and oxygen atoms in total. The molecule has 0 bridgehead atoms. The number of hydrogen-bond acceptors (Lipinski definition) is 8. The molecule has 2 heterocycles. The summed E-state index contributed by atoms with van der Waals surface area (Å²) < 4.78 is 16.8. The maximum absolute atomic E-state index is 13.5. The smallest absolute Gasteiger partial charge is 0.346 e. The predicted octanol–water partition coefficient (Wildman–Crippen LogP) is 2.16. The van der Waals surface area contributed by atoms with E-state index in [1.807, 2.05) is 0 Å². The molecule has 1 aliphatic heterocycles. The summed E-state index contributed by atoms with van der Waals surface area (Å²) in [7, 11) is 0. The molecule has 1 N–H and O–H groups in total. The number of aromatic nitrogens is 2. The van der Waals surface area contributed by atoms with Gasteiger partial charge in [-0.15, -0.1) is 0 Å². The second kappa shape index (κ2) is 10.4. The average Bonchev–Trinajstić information content (AvgIpc) is 3.04. The first-order valence-corrected chi connectivity index (χ1v) is 11.1. The van der Waals surface area contributed by atoms with E-state index in [9.17, 15) is 19.2 Å². The van der Waals surface area contributed by atoms with E-state index in [4.69, 9.17) is 14.2 Å². The van der Waals surface area contributed by atoms with Crippen molar-refractivity contribution in [1.29, 1.82) is 0 Å². The molecule has 1 aliphatic rings. The van der Waals surface area contributed by atoms with Crippen LogP contribution in [-0.2, 0) is 23.8 Å². The Morgan fingerprint density at radius 1 is 1.19 bits per heavy atom. The number of esters is 2. The van der Waals surface area contributed by atoms with Crippen LogP contribution in [0.1, 0.15) is 24.2 Å². The monoisotopic (exact) mass is 571 g/mol. The van der Waals surface area contributed by atoms with E-state index in [0.29, 0.717) is 10.0 Å². The number of carbonyl (C=O) groups excluding carboxylic acids is 3. The molecule has 12 heteroatoms. The zero-order chi connectivity index (χ0) is 23.4. The number of benzene rings is 1. The van der Waals surface area contributed by atoms with E-state index in [1.165, 1.54) is 20.0 Å². The Labute approximate surface area is 199 Å². The van der Waals surface area contributed by atoms with Crippen molar-refractivity contribution in [2.75, 3.05) is 11.5 Å². The molecule has 2 aromatic rings. The van der Waals surface area contributed by atoms with Gasteiger partial charge in [0.15, 0.2) is 18.1 Å². The summed E-state index contributed by atoms with van der Waals surface area (Å²) in [5.41, 5.74) is -0.399. The van der Waals surface area contributed by atoms with Crippen molar-refractivity contribution in [2.45, 2.75) is 37.1 Å². The van der Waals surface area contributed by atoms with Crippen LogP contribution in [-0.4, -0.2) is 57.7 Å². The van der Waals surface area contributed by atoms with Crippen molar-refractivity contribution in [3.63, 3.8) is 0 Å². The number of H-pyrrole nitrogens is 1. The van der Waals surface area contributed by atoms with Gasteiger partial charge in [0.1, 0.15) is 12.7 Å². The maximum atomic E-state index is 13.5. The summed E-state index contributed by atoms with van der Waals surface area (Å²) in [4.78, 5) is 55.5. The maximum Gasteiger partial charge on any atom is 0.346 e. The molecule has 0 saturated carbocycles. The highest BCUT2D eigenvalue weighted by molar-refractivity contribution is 9.10. The van der Waals surface area contributed by atoms with E-state index >= 15 is 0 Å². The number of anilines is 1. The van der Waals surface area contributed by atoms with Gasteiger partial charge in [0.2, 0.25) is 0 Å². The summed E-state index contributed by atoms with van der Waals surface area (Å²) in [5.74, 6) is -1.69. The third kappa shape index (κ3) is 5.43. The molecule has 4 atom stereocenters. The molecule has 0 unspecified atom stereocenters. The van der Waals surface area contributed by atoms with Gasteiger partial charge in [-0.1, -0.05) is 34.1 Å². The van der Waals surface area contributed by atoms with Gasteiger partial charge in [0, 0.05) is 25.6 Å². The van der Waals surface area contributed by atoms with Crippen molar-refractivity contribution in [2.24, 2.45) is 0 Å². The Bertz CT molecular complexity index is 1060.